The molecule has 0 saturated carbocycles. The van der Waals surface area contributed by atoms with Crippen molar-refractivity contribution in [1.29, 1.82) is 0 Å². The Morgan fingerprint density at radius 2 is 2.13 bits per heavy atom. The third-order valence-corrected chi connectivity index (χ3v) is 3.55. The average molecular weight is 204 g/mol. The highest BCUT2D eigenvalue weighted by Crippen LogP contribution is 2.28. The van der Waals surface area contributed by atoms with E-state index in [0.717, 1.165) is 6.54 Å². The largest absolute Gasteiger partial charge is 0.362 e. The number of H-pyrrole nitrogens is 1. The third-order valence-electron chi connectivity index (χ3n) is 3.55. The zero-order valence-corrected chi connectivity index (χ0v) is 8.81. The second-order valence-corrected chi connectivity index (χ2v) is 4.64. The zero-order chi connectivity index (χ0) is 10.3. The van der Waals surface area contributed by atoms with Gasteiger partial charge < -0.3 is 10.3 Å². The molecule has 2 aliphatic rings. The van der Waals surface area contributed by atoms with Gasteiger partial charge in [-0.1, -0.05) is 0 Å². The number of carbonyl (C=O) groups is 1. The highest BCUT2D eigenvalue weighted by Gasteiger charge is 2.25. The Hall–Kier alpha value is -1.25. The molecule has 1 aromatic heterocycles. The first kappa shape index (κ1) is 9.01. The number of nitrogens with one attached hydrogen (secondary N) is 2. The molecule has 0 radical (unpaired) electrons. The second-order valence-electron chi connectivity index (χ2n) is 4.64. The number of aromatic amines is 1. The quantitative estimate of drug-likeness (QED) is 0.715. The molecular formula is C12H16N2O. The molecule has 1 aromatic rings. The first-order valence-corrected chi connectivity index (χ1v) is 5.80. The normalized spacial score (nSPS) is 25.1. The minimum absolute atomic E-state index is 0.188. The fourth-order valence-electron chi connectivity index (χ4n) is 2.67. The van der Waals surface area contributed by atoms with Gasteiger partial charge in [0.05, 0.1) is 0 Å². The topological polar surface area (TPSA) is 44.9 Å². The lowest BCUT2D eigenvalue weighted by Gasteiger charge is -2.09. The number of rotatable bonds is 1. The van der Waals surface area contributed by atoms with E-state index in [9.17, 15) is 4.79 Å². The number of amides is 1. The first-order chi connectivity index (χ1) is 7.33. The van der Waals surface area contributed by atoms with Gasteiger partial charge in [0.25, 0.3) is 0 Å². The van der Waals surface area contributed by atoms with Gasteiger partial charge >= 0.3 is 0 Å². The van der Waals surface area contributed by atoms with E-state index in [0.29, 0.717) is 12.3 Å². The van der Waals surface area contributed by atoms with Crippen LogP contribution in [0.1, 0.15) is 42.1 Å². The van der Waals surface area contributed by atoms with Crippen molar-refractivity contribution in [3.8, 4) is 0 Å². The van der Waals surface area contributed by atoms with Crippen LogP contribution in [0.3, 0.4) is 0 Å². The fraction of sp³-hybridized carbons (Fsp3) is 0.583. The van der Waals surface area contributed by atoms with Crippen molar-refractivity contribution >= 4 is 5.91 Å². The monoisotopic (exact) mass is 204 g/mol. The molecule has 0 spiro atoms. The molecule has 1 aliphatic carbocycles. The van der Waals surface area contributed by atoms with E-state index in [2.05, 4.69) is 16.4 Å². The van der Waals surface area contributed by atoms with Gasteiger partial charge in [-0.2, -0.15) is 0 Å². The maximum atomic E-state index is 11.1. The summed E-state index contributed by atoms with van der Waals surface area (Å²) < 4.78 is 0. The molecule has 1 saturated heterocycles. The van der Waals surface area contributed by atoms with Crippen LogP contribution in [-0.4, -0.2) is 17.4 Å². The summed E-state index contributed by atoms with van der Waals surface area (Å²) in [6.45, 7) is 0.804. The molecule has 15 heavy (non-hydrogen) atoms. The van der Waals surface area contributed by atoms with E-state index < -0.39 is 0 Å². The Bertz CT molecular complexity index is 371. The number of hydrogen-bond acceptors (Lipinski definition) is 1. The van der Waals surface area contributed by atoms with Crippen LogP contribution in [0.2, 0.25) is 0 Å². The molecular weight excluding hydrogens is 188 g/mol. The summed E-state index contributed by atoms with van der Waals surface area (Å²) >= 11 is 0. The van der Waals surface area contributed by atoms with Crippen LogP contribution in [-0.2, 0) is 17.6 Å². The van der Waals surface area contributed by atoms with Crippen LogP contribution >= 0.6 is 0 Å². The van der Waals surface area contributed by atoms with E-state index in [-0.39, 0.29) is 5.91 Å². The van der Waals surface area contributed by atoms with Gasteiger partial charge in [0, 0.05) is 30.3 Å². The summed E-state index contributed by atoms with van der Waals surface area (Å²) in [6, 6.07) is 2.28. The van der Waals surface area contributed by atoms with Crippen LogP contribution in [0.25, 0.3) is 0 Å². The minimum Gasteiger partial charge on any atom is -0.362 e. The smallest absolute Gasteiger partial charge is 0.220 e. The lowest BCUT2D eigenvalue weighted by atomic mass is 9.97. The predicted octanol–water partition coefficient (Wildman–Crippen LogP) is 1.50. The third kappa shape index (κ3) is 1.56. The molecule has 3 rings (SSSR count). The zero-order valence-electron chi connectivity index (χ0n) is 8.81. The molecule has 80 valence electrons. The Morgan fingerprint density at radius 3 is 2.87 bits per heavy atom. The Labute approximate surface area is 89.3 Å². The molecule has 0 aromatic carbocycles. The molecule has 1 fully saturated rings. The van der Waals surface area contributed by atoms with E-state index in [1.165, 1.54) is 42.6 Å². The Kier molecular flexibility index (Phi) is 2.04. The van der Waals surface area contributed by atoms with Crippen molar-refractivity contribution in [1.82, 2.24) is 10.3 Å². The number of hydrogen-bond donors (Lipinski definition) is 2. The molecule has 0 bridgehead atoms. The number of carbonyl (C=O) groups excluding carboxylic acids is 1. The van der Waals surface area contributed by atoms with Crippen LogP contribution in [0, 0.1) is 0 Å². The maximum absolute atomic E-state index is 11.1. The van der Waals surface area contributed by atoms with Crippen molar-refractivity contribution in [2.45, 2.75) is 38.0 Å². The average Bonchev–Trinajstić information content (AvgIpc) is 2.82. The van der Waals surface area contributed by atoms with Gasteiger partial charge in [-0.05, 0) is 37.3 Å². The molecule has 1 unspecified atom stereocenters. The summed E-state index contributed by atoms with van der Waals surface area (Å²) in [7, 11) is 0. The SMILES string of the molecule is O=C1CC(c2cc3c([nH]2)CCCC3)CN1. The molecule has 3 heteroatoms. The van der Waals surface area contributed by atoms with Gasteiger partial charge in [0.2, 0.25) is 5.91 Å². The Morgan fingerprint density at radius 1 is 1.27 bits per heavy atom. The molecule has 1 aliphatic heterocycles. The number of aromatic nitrogens is 1. The predicted molar refractivity (Wildman–Crippen MR) is 57.8 cm³/mol. The van der Waals surface area contributed by atoms with Crippen molar-refractivity contribution in [3.05, 3.63) is 23.0 Å². The number of aryl methyl sites for hydroxylation is 2. The second kappa shape index (κ2) is 3.40. The molecule has 1 atom stereocenters. The van der Waals surface area contributed by atoms with Crippen molar-refractivity contribution in [3.63, 3.8) is 0 Å². The van der Waals surface area contributed by atoms with Crippen LogP contribution in [0.4, 0.5) is 0 Å². The Balaban J connectivity index is 1.86. The summed E-state index contributed by atoms with van der Waals surface area (Å²) in [6.07, 6.45) is 5.66. The van der Waals surface area contributed by atoms with E-state index in [4.69, 9.17) is 0 Å². The van der Waals surface area contributed by atoms with E-state index in [1.807, 2.05) is 0 Å². The maximum Gasteiger partial charge on any atom is 0.220 e. The van der Waals surface area contributed by atoms with Gasteiger partial charge in [0.1, 0.15) is 0 Å². The van der Waals surface area contributed by atoms with E-state index in [1.54, 1.807) is 0 Å². The highest BCUT2D eigenvalue weighted by atomic mass is 16.1. The lowest BCUT2D eigenvalue weighted by molar-refractivity contribution is -0.119. The summed E-state index contributed by atoms with van der Waals surface area (Å²) in [5, 5.41) is 2.89. The van der Waals surface area contributed by atoms with Crippen molar-refractivity contribution in [2.24, 2.45) is 0 Å². The van der Waals surface area contributed by atoms with Gasteiger partial charge in [0.15, 0.2) is 0 Å². The highest BCUT2D eigenvalue weighted by molar-refractivity contribution is 5.79. The van der Waals surface area contributed by atoms with Gasteiger partial charge in [-0.25, -0.2) is 0 Å². The summed E-state index contributed by atoms with van der Waals surface area (Å²) in [5.41, 5.74) is 4.16. The minimum atomic E-state index is 0.188. The summed E-state index contributed by atoms with van der Waals surface area (Å²) in [5.74, 6) is 0.565. The lowest BCUT2D eigenvalue weighted by Crippen LogP contribution is -2.13. The van der Waals surface area contributed by atoms with Crippen LogP contribution in [0.15, 0.2) is 6.07 Å². The van der Waals surface area contributed by atoms with Crippen LogP contribution in [0.5, 0.6) is 0 Å². The van der Waals surface area contributed by atoms with Crippen LogP contribution < -0.4 is 5.32 Å². The molecule has 2 heterocycles. The van der Waals surface area contributed by atoms with Crippen molar-refractivity contribution in [2.75, 3.05) is 6.54 Å². The molecule has 1 amide bonds. The standard InChI is InChI=1S/C12H16N2O/c15-12-6-9(7-13-12)11-5-8-3-1-2-4-10(8)14-11/h5,9,14H,1-4,6-7H2,(H,13,15). The molecule has 2 N–H and O–H groups in total. The first-order valence-electron chi connectivity index (χ1n) is 5.80. The van der Waals surface area contributed by atoms with E-state index >= 15 is 0 Å². The molecule has 3 nitrogen and oxygen atoms in total. The van der Waals surface area contributed by atoms with Gasteiger partial charge in [-0.15, -0.1) is 0 Å². The fourth-order valence-corrected chi connectivity index (χ4v) is 2.67. The van der Waals surface area contributed by atoms with Crippen molar-refractivity contribution < 1.29 is 4.79 Å². The van der Waals surface area contributed by atoms with Gasteiger partial charge in [-0.3, -0.25) is 4.79 Å². The number of fused-ring (bicyclic) bond motifs is 1. The summed E-state index contributed by atoms with van der Waals surface area (Å²) in [4.78, 5) is 14.6.